The van der Waals surface area contributed by atoms with E-state index in [1.54, 1.807) is 10.7 Å². The summed E-state index contributed by atoms with van der Waals surface area (Å²) in [6.45, 7) is 6.08. The Hall–Kier alpha value is -1.60. The predicted molar refractivity (Wildman–Crippen MR) is 68.2 cm³/mol. The quantitative estimate of drug-likeness (QED) is 0.757. The summed E-state index contributed by atoms with van der Waals surface area (Å²) >= 11 is 0. The molecule has 0 radical (unpaired) electrons. The highest BCUT2D eigenvalue weighted by Crippen LogP contribution is 2.31. The van der Waals surface area contributed by atoms with Crippen LogP contribution in [0.5, 0.6) is 0 Å². The summed E-state index contributed by atoms with van der Waals surface area (Å²) < 4.78 is 7.05. The van der Waals surface area contributed by atoms with Crippen LogP contribution >= 0.6 is 0 Å². The van der Waals surface area contributed by atoms with Gasteiger partial charge in [0.1, 0.15) is 11.9 Å². The molecule has 0 aliphatic carbocycles. The molecule has 3 N–H and O–H groups in total. The summed E-state index contributed by atoms with van der Waals surface area (Å²) in [5.41, 5.74) is 0.281. The maximum atomic E-state index is 10.8. The summed E-state index contributed by atoms with van der Waals surface area (Å²) in [6.07, 6.45) is -1.42. The van der Waals surface area contributed by atoms with Crippen LogP contribution < -0.4 is 5.32 Å². The number of nitrogens with zero attached hydrogens (tertiary/aromatic N) is 2. The molecule has 0 bridgehead atoms. The SMILES string of the molecule is CC(C)(C)n1nc([C@@H]2C[C@@H](O)CO2)cc1NC(=O)O. The molecular weight excluding hydrogens is 250 g/mol. The van der Waals surface area contributed by atoms with Gasteiger partial charge in [-0.2, -0.15) is 5.10 Å². The van der Waals surface area contributed by atoms with Gasteiger partial charge in [0.15, 0.2) is 0 Å². The van der Waals surface area contributed by atoms with Crippen LogP contribution in [0.15, 0.2) is 6.07 Å². The van der Waals surface area contributed by atoms with Crippen molar-refractivity contribution >= 4 is 11.9 Å². The molecule has 0 aromatic carbocycles. The Labute approximate surface area is 111 Å². The number of ether oxygens (including phenoxy) is 1. The first-order valence-electron chi connectivity index (χ1n) is 6.17. The first-order chi connectivity index (χ1) is 8.77. The molecular formula is C12H19N3O4. The molecule has 0 unspecified atom stereocenters. The van der Waals surface area contributed by atoms with Crippen LogP contribution in [0.1, 0.15) is 39.0 Å². The predicted octanol–water partition coefficient (Wildman–Crippen LogP) is 1.55. The van der Waals surface area contributed by atoms with Gasteiger partial charge in [-0.15, -0.1) is 0 Å². The van der Waals surface area contributed by atoms with Crippen molar-refractivity contribution in [1.82, 2.24) is 9.78 Å². The summed E-state index contributed by atoms with van der Waals surface area (Å²) in [5, 5.41) is 25.1. The molecule has 2 rings (SSSR count). The second-order valence-electron chi connectivity index (χ2n) is 5.68. The maximum Gasteiger partial charge on any atom is 0.410 e. The number of rotatable bonds is 2. The van der Waals surface area contributed by atoms with Crippen molar-refractivity contribution in [3.8, 4) is 0 Å². The molecule has 0 saturated carbocycles. The fourth-order valence-corrected chi connectivity index (χ4v) is 2.08. The standard InChI is InChI=1S/C12H19N3O4/c1-12(2,3)15-10(13-11(17)18)5-8(14-15)9-4-7(16)6-19-9/h5,7,9,13,16H,4,6H2,1-3H3,(H,17,18)/t7-,9+/m1/s1. The molecule has 1 amide bonds. The molecule has 7 heteroatoms. The lowest BCUT2D eigenvalue weighted by molar-refractivity contribution is 0.0860. The number of aliphatic hydroxyl groups excluding tert-OH is 1. The third kappa shape index (κ3) is 3.05. The van der Waals surface area contributed by atoms with Gasteiger partial charge in [-0.25, -0.2) is 9.48 Å². The highest BCUT2D eigenvalue weighted by atomic mass is 16.5. The van der Waals surface area contributed by atoms with Crippen molar-refractivity contribution in [2.75, 3.05) is 11.9 Å². The van der Waals surface area contributed by atoms with E-state index in [1.807, 2.05) is 20.8 Å². The first kappa shape index (κ1) is 13.8. The van der Waals surface area contributed by atoms with E-state index in [9.17, 15) is 9.90 Å². The van der Waals surface area contributed by atoms with Gasteiger partial charge in [0.05, 0.1) is 23.9 Å². The van der Waals surface area contributed by atoms with Crippen LogP contribution in [0.3, 0.4) is 0 Å². The highest BCUT2D eigenvalue weighted by Gasteiger charge is 2.30. The molecule has 1 aromatic heterocycles. The van der Waals surface area contributed by atoms with Crippen LogP contribution in [0.25, 0.3) is 0 Å². The summed E-state index contributed by atoms with van der Waals surface area (Å²) in [5.74, 6) is 0.403. The Morgan fingerprint density at radius 2 is 2.26 bits per heavy atom. The normalized spacial score (nSPS) is 23.6. The van der Waals surface area contributed by atoms with Crippen molar-refractivity contribution in [2.24, 2.45) is 0 Å². The zero-order valence-electron chi connectivity index (χ0n) is 11.3. The van der Waals surface area contributed by atoms with Gasteiger partial charge in [0, 0.05) is 12.5 Å². The molecule has 1 fully saturated rings. The van der Waals surface area contributed by atoms with E-state index in [0.717, 1.165) is 0 Å². The van der Waals surface area contributed by atoms with Crippen molar-refractivity contribution in [1.29, 1.82) is 0 Å². The zero-order chi connectivity index (χ0) is 14.2. The van der Waals surface area contributed by atoms with E-state index in [1.165, 1.54) is 0 Å². The van der Waals surface area contributed by atoms with Crippen molar-refractivity contribution in [3.05, 3.63) is 11.8 Å². The number of hydrogen-bond donors (Lipinski definition) is 3. The average Bonchev–Trinajstić information content (AvgIpc) is 2.82. The van der Waals surface area contributed by atoms with Crippen LogP contribution in [0, 0.1) is 0 Å². The van der Waals surface area contributed by atoms with Gasteiger partial charge in [-0.05, 0) is 20.8 Å². The van der Waals surface area contributed by atoms with Crippen LogP contribution in [0.2, 0.25) is 0 Å². The lowest BCUT2D eigenvalue weighted by Gasteiger charge is -2.21. The summed E-state index contributed by atoms with van der Waals surface area (Å²) in [7, 11) is 0. The zero-order valence-corrected chi connectivity index (χ0v) is 11.3. The van der Waals surface area contributed by atoms with E-state index >= 15 is 0 Å². The Bertz CT molecular complexity index is 478. The van der Waals surface area contributed by atoms with Crippen molar-refractivity contribution in [3.63, 3.8) is 0 Å². The van der Waals surface area contributed by atoms with Crippen LogP contribution in [0.4, 0.5) is 10.6 Å². The second kappa shape index (κ2) is 4.82. The van der Waals surface area contributed by atoms with E-state index in [2.05, 4.69) is 10.4 Å². The van der Waals surface area contributed by atoms with Crippen molar-refractivity contribution in [2.45, 2.75) is 44.9 Å². The fraction of sp³-hybridized carbons (Fsp3) is 0.667. The third-order valence-corrected chi connectivity index (χ3v) is 2.90. The number of carboxylic acid groups (broad SMARTS) is 1. The van der Waals surface area contributed by atoms with Gasteiger partial charge in [0.2, 0.25) is 0 Å². The molecule has 1 aliphatic heterocycles. The molecule has 0 spiro atoms. The fourth-order valence-electron chi connectivity index (χ4n) is 2.08. The van der Waals surface area contributed by atoms with E-state index in [4.69, 9.17) is 9.84 Å². The van der Waals surface area contributed by atoms with Gasteiger partial charge in [-0.3, -0.25) is 5.32 Å². The number of aliphatic hydroxyl groups is 1. The van der Waals surface area contributed by atoms with Gasteiger partial charge in [0.25, 0.3) is 0 Å². The number of amides is 1. The molecule has 1 aliphatic rings. The largest absolute Gasteiger partial charge is 0.465 e. The lowest BCUT2D eigenvalue weighted by atomic mass is 10.1. The van der Waals surface area contributed by atoms with E-state index in [-0.39, 0.29) is 18.2 Å². The molecule has 19 heavy (non-hydrogen) atoms. The van der Waals surface area contributed by atoms with Gasteiger partial charge < -0.3 is 14.9 Å². The Morgan fingerprint density at radius 1 is 1.58 bits per heavy atom. The molecule has 1 aromatic rings. The summed E-state index contributed by atoms with van der Waals surface area (Å²) in [4.78, 5) is 10.8. The van der Waals surface area contributed by atoms with Crippen LogP contribution in [-0.2, 0) is 10.3 Å². The second-order valence-corrected chi connectivity index (χ2v) is 5.68. The first-order valence-corrected chi connectivity index (χ1v) is 6.17. The maximum absolute atomic E-state index is 10.8. The molecule has 1 saturated heterocycles. The monoisotopic (exact) mass is 269 g/mol. The van der Waals surface area contributed by atoms with Gasteiger partial charge >= 0.3 is 6.09 Å². The number of nitrogens with one attached hydrogen (secondary N) is 1. The Morgan fingerprint density at radius 3 is 2.74 bits per heavy atom. The molecule has 2 heterocycles. The van der Waals surface area contributed by atoms with Crippen molar-refractivity contribution < 1.29 is 19.7 Å². The topological polar surface area (TPSA) is 96.6 Å². The molecule has 7 nitrogen and oxygen atoms in total. The molecule has 106 valence electrons. The van der Waals surface area contributed by atoms with E-state index < -0.39 is 12.2 Å². The number of anilines is 1. The van der Waals surface area contributed by atoms with Gasteiger partial charge in [-0.1, -0.05) is 0 Å². The Kier molecular flexibility index (Phi) is 3.51. The highest BCUT2D eigenvalue weighted by molar-refractivity contribution is 5.81. The third-order valence-electron chi connectivity index (χ3n) is 2.90. The molecule has 2 atom stereocenters. The lowest BCUT2D eigenvalue weighted by Crippen LogP contribution is -2.26. The minimum Gasteiger partial charge on any atom is -0.465 e. The van der Waals surface area contributed by atoms with Crippen LogP contribution in [-0.4, -0.2) is 38.8 Å². The smallest absolute Gasteiger partial charge is 0.410 e. The minimum absolute atomic E-state index is 0.284. The average molecular weight is 269 g/mol. The minimum atomic E-state index is -1.13. The number of aromatic nitrogens is 2. The number of carbonyl (C=O) groups is 1. The Balaban J connectivity index is 2.31. The summed E-state index contributed by atoms with van der Waals surface area (Å²) in [6, 6.07) is 1.65. The van der Waals surface area contributed by atoms with E-state index in [0.29, 0.717) is 17.9 Å². The number of hydrogen-bond acceptors (Lipinski definition) is 4.